The minimum absolute atomic E-state index is 0.195. The van der Waals surface area contributed by atoms with Gasteiger partial charge in [0.25, 0.3) is 0 Å². The van der Waals surface area contributed by atoms with Gasteiger partial charge in [-0.15, -0.1) is 0 Å². The van der Waals surface area contributed by atoms with E-state index in [9.17, 15) is 5.11 Å². The number of hydrogen-bond acceptors (Lipinski definition) is 3. The van der Waals surface area contributed by atoms with Crippen LogP contribution in [0.4, 0.5) is 5.69 Å². The number of rotatable bonds is 3. The smallest absolute Gasteiger partial charge is 0.160 e. The molecular formula is C17H27NO2. The Bertz CT molecular complexity index is 443. The Morgan fingerprint density at radius 1 is 1.15 bits per heavy atom. The third-order valence-corrected chi connectivity index (χ3v) is 4.50. The number of hydrogen-bond donors (Lipinski definition) is 2. The van der Waals surface area contributed by atoms with E-state index < -0.39 is 0 Å². The molecule has 0 aliphatic heterocycles. The predicted molar refractivity (Wildman–Crippen MR) is 83.5 cm³/mol. The Morgan fingerprint density at radius 2 is 1.80 bits per heavy atom. The maximum Gasteiger partial charge on any atom is 0.160 e. The highest BCUT2D eigenvalue weighted by Crippen LogP contribution is 2.38. The zero-order valence-electron chi connectivity index (χ0n) is 13.1. The molecule has 20 heavy (non-hydrogen) atoms. The third-order valence-electron chi connectivity index (χ3n) is 4.50. The monoisotopic (exact) mass is 277 g/mol. The second-order valence-corrected chi connectivity index (χ2v) is 6.95. The Balaban J connectivity index is 1.91. The molecule has 1 fully saturated rings. The quantitative estimate of drug-likeness (QED) is 0.859. The van der Waals surface area contributed by atoms with Gasteiger partial charge in [0.15, 0.2) is 11.5 Å². The number of methoxy groups -OCH3 is 1. The summed E-state index contributed by atoms with van der Waals surface area (Å²) in [7, 11) is 1.57. The summed E-state index contributed by atoms with van der Waals surface area (Å²) in [6.07, 6.45) is 4.97. The normalized spacial score (nSPS) is 23.4. The van der Waals surface area contributed by atoms with Crippen LogP contribution in [0, 0.1) is 11.3 Å². The zero-order valence-corrected chi connectivity index (χ0v) is 13.1. The van der Waals surface area contributed by atoms with Crippen molar-refractivity contribution in [3.63, 3.8) is 0 Å². The molecule has 1 aromatic carbocycles. The van der Waals surface area contributed by atoms with Gasteiger partial charge in [0.1, 0.15) is 0 Å². The van der Waals surface area contributed by atoms with Gasteiger partial charge in [-0.1, -0.05) is 20.8 Å². The third kappa shape index (κ3) is 3.59. The van der Waals surface area contributed by atoms with Crippen LogP contribution < -0.4 is 10.1 Å². The van der Waals surface area contributed by atoms with Crippen LogP contribution in [-0.4, -0.2) is 18.3 Å². The topological polar surface area (TPSA) is 41.5 Å². The molecule has 3 nitrogen and oxygen atoms in total. The number of nitrogens with one attached hydrogen (secondary N) is 1. The molecule has 0 amide bonds. The van der Waals surface area contributed by atoms with Crippen LogP contribution >= 0.6 is 0 Å². The summed E-state index contributed by atoms with van der Waals surface area (Å²) >= 11 is 0. The Hall–Kier alpha value is -1.38. The Labute approximate surface area is 122 Å². The molecule has 0 bridgehead atoms. The molecule has 3 heteroatoms. The number of ether oxygens (including phenoxy) is 1. The number of aromatic hydroxyl groups is 1. The van der Waals surface area contributed by atoms with Crippen molar-refractivity contribution >= 4 is 5.69 Å². The fourth-order valence-corrected chi connectivity index (χ4v) is 3.12. The molecule has 1 aliphatic rings. The van der Waals surface area contributed by atoms with Gasteiger partial charge >= 0.3 is 0 Å². The average molecular weight is 277 g/mol. The molecule has 0 aromatic heterocycles. The van der Waals surface area contributed by atoms with E-state index in [0.29, 0.717) is 17.2 Å². The van der Waals surface area contributed by atoms with Crippen molar-refractivity contribution in [1.82, 2.24) is 0 Å². The van der Waals surface area contributed by atoms with Crippen LogP contribution in [0.1, 0.15) is 46.5 Å². The average Bonchev–Trinajstić information content (AvgIpc) is 2.38. The number of benzene rings is 1. The summed E-state index contributed by atoms with van der Waals surface area (Å²) in [4.78, 5) is 0. The van der Waals surface area contributed by atoms with Crippen LogP contribution in [0.3, 0.4) is 0 Å². The molecule has 1 saturated carbocycles. The summed E-state index contributed by atoms with van der Waals surface area (Å²) in [5.74, 6) is 1.54. The lowest BCUT2D eigenvalue weighted by Crippen LogP contribution is -2.31. The van der Waals surface area contributed by atoms with Crippen molar-refractivity contribution in [2.24, 2.45) is 11.3 Å². The number of anilines is 1. The van der Waals surface area contributed by atoms with Crippen LogP contribution in [0.2, 0.25) is 0 Å². The van der Waals surface area contributed by atoms with Gasteiger partial charge in [0.05, 0.1) is 7.11 Å². The van der Waals surface area contributed by atoms with Crippen molar-refractivity contribution in [1.29, 1.82) is 0 Å². The standard InChI is InChI=1S/C17H27NO2/c1-17(2,3)12-5-7-13(8-6-12)18-14-9-10-16(20-4)15(19)11-14/h9-13,18-19H,5-8H2,1-4H3. The maximum absolute atomic E-state index is 9.80. The van der Waals surface area contributed by atoms with Crippen molar-refractivity contribution in [2.75, 3.05) is 12.4 Å². The summed E-state index contributed by atoms with van der Waals surface area (Å²) in [5, 5.41) is 13.3. The van der Waals surface area contributed by atoms with Crippen molar-refractivity contribution in [2.45, 2.75) is 52.5 Å². The van der Waals surface area contributed by atoms with Gasteiger partial charge in [-0.2, -0.15) is 0 Å². The Morgan fingerprint density at radius 3 is 2.30 bits per heavy atom. The predicted octanol–water partition coefficient (Wildman–Crippen LogP) is 4.42. The largest absolute Gasteiger partial charge is 0.504 e. The molecule has 0 heterocycles. The van der Waals surface area contributed by atoms with E-state index in [1.165, 1.54) is 25.7 Å². The maximum atomic E-state index is 9.80. The SMILES string of the molecule is COc1ccc(NC2CCC(C(C)(C)C)CC2)cc1O. The highest BCUT2D eigenvalue weighted by Gasteiger charge is 2.29. The molecule has 2 rings (SSSR count). The molecule has 0 saturated heterocycles. The highest BCUT2D eigenvalue weighted by atomic mass is 16.5. The van der Waals surface area contributed by atoms with Gasteiger partial charge in [0.2, 0.25) is 0 Å². The van der Waals surface area contributed by atoms with Crippen LogP contribution in [0.5, 0.6) is 11.5 Å². The minimum Gasteiger partial charge on any atom is -0.504 e. The fraction of sp³-hybridized carbons (Fsp3) is 0.647. The van der Waals surface area contributed by atoms with E-state index >= 15 is 0 Å². The summed E-state index contributed by atoms with van der Waals surface area (Å²) < 4.78 is 5.06. The van der Waals surface area contributed by atoms with Crippen molar-refractivity contribution in [3.05, 3.63) is 18.2 Å². The summed E-state index contributed by atoms with van der Waals surface area (Å²) in [6, 6.07) is 6.03. The van der Waals surface area contributed by atoms with Crippen LogP contribution in [-0.2, 0) is 0 Å². The van der Waals surface area contributed by atoms with E-state index in [0.717, 1.165) is 11.6 Å². The lowest BCUT2D eigenvalue weighted by atomic mass is 9.71. The molecular weight excluding hydrogens is 250 g/mol. The Kier molecular flexibility index (Phi) is 4.46. The van der Waals surface area contributed by atoms with Crippen LogP contribution in [0.25, 0.3) is 0 Å². The lowest BCUT2D eigenvalue weighted by molar-refractivity contribution is 0.173. The number of phenols is 1. The first-order valence-corrected chi connectivity index (χ1v) is 7.53. The lowest BCUT2D eigenvalue weighted by Gasteiger charge is -2.37. The van der Waals surface area contributed by atoms with Gasteiger partial charge in [-0.3, -0.25) is 0 Å². The van der Waals surface area contributed by atoms with E-state index in [1.807, 2.05) is 6.07 Å². The minimum atomic E-state index is 0.195. The molecule has 1 aromatic rings. The second-order valence-electron chi connectivity index (χ2n) is 6.95. The van der Waals surface area contributed by atoms with Crippen molar-refractivity contribution < 1.29 is 9.84 Å². The van der Waals surface area contributed by atoms with Gasteiger partial charge in [-0.25, -0.2) is 0 Å². The van der Waals surface area contributed by atoms with Gasteiger partial charge < -0.3 is 15.2 Å². The summed E-state index contributed by atoms with van der Waals surface area (Å²) in [6.45, 7) is 7.02. The first kappa shape index (κ1) is 15.0. The molecule has 0 atom stereocenters. The molecule has 0 unspecified atom stereocenters. The second kappa shape index (κ2) is 5.94. The van der Waals surface area contributed by atoms with Gasteiger partial charge in [-0.05, 0) is 49.1 Å². The molecule has 112 valence electrons. The van der Waals surface area contributed by atoms with Crippen molar-refractivity contribution in [3.8, 4) is 11.5 Å². The van der Waals surface area contributed by atoms with E-state index in [-0.39, 0.29) is 5.75 Å². The van der Waals surface area contributed by atoms with E-state index in [1.54, 1.807) is 19.2 Å². The van der Waals surface area contributed by atoms with E-state index in [4.69, 9.17) is 4.74 Å². The highest BCUT2D eigenvalue weighted by molar-refractivity contribution is 5.54. The van der Waals surface area contributed by atoms with E-state index in [2.05, 4.69) is 26.1 Å². The summed E-state index contributed by atoms with van der Waals surface area (Å²) in [5.41, 5.74) is 1.39. The van der Waals surface area contributed by atoms with Crippen LogP contribution in [0.15, 0.2) is 18.2 Å². The first-order valence-electron chi connectivity index (χ1n) is 7.53. The number of phenolic OH excluding ortho intramolecular Hbond substituents is 1. The zero-order chi connectivity index (χ0) is 14.8. The first-order chi connectivity index (χ1) is 9.40. The fourth-order valence-electron chi connectivity index (χ4n) is 3.12. The molecule has 1 aliphatic carbocycles. The van der Waals surface area contributed by atoms with Gasteiger partial charge in [0, 0.05) is 17.8 Å². The molecule has 2 N–H and O–H groups in total. The molecule has 0 spiro atoms. The molecule has 0 radical (unpaired) electrons.